The van der Waals surface area contributed by atoms with Gasteiger partial charge in [-0.2, -0.15) is 13.2 Å². The van der Waals surface area contributed by atoms with Crippen LogP contribution in [-0.4, -0.2) is 19.1 Å². The van der Waals surface area contributed by atoms with Gasteiger partial charge in [0.05, 0.1) is 44.7 Å². The van der Waals surface area contributed by atoms with Crippen molar-refractivity contribution in [3.63, 3.8) is 0 Å². The van der Waals surface area contributed by atoms with Gasteiger partial charge in [0.25, 0.3) is 0 Å². The molecule has 0 bridgehead atoms. The third kappa shape index (κ3) is 7.04. The Morgan fingerprint density at radius 1 is 0.373 bits per heavy atom. The quantitative estimate of drug-likeness (QED) is 0.160. The molecule has 9 aromatic carbocycles. The van der Waals surface area contributed by atoms with E-state index in [2.05, 4.69) is 137 Å². The number of halogens is 3. The van der Waals surface area contributed by atoms with Crippen molar-refractivity contribution in [3.8, 4) is 67.5 Å². The Balaban J connectivity index is 1.11. The third-order valence-corrected chi connectivity index (χ3v) is 12.8. The normalized spacial score (nSPS) is 11.9. The molecule has 0 fully saturated rings. The lowest BCUT2D eigenvalue weighted by Gasteiger charge is -2.18. The Morgan fingerprint density at radius 2 is 0.910 bits per heavy atom. The molecule has 3 heterocycles. The zero-order chi connectivity index (χ0) is 45.2. The van der Waals surface area contributed by atoms with E-state index in [0.717, 1.165) is 83.4 Å². The summed E-state index contributed by atoms with van der Waals surface area (Å²) in [6.45, 7) is 1.70. The Hall–Kier alpha value is -8.55. The summed E-state index contributed by atoms with van der Waals surface area (Å²) in [5.74, 6) is 0.592. The molecule has 0 amide bonds. The van der Waals surface area contributed by atoms with Crippen LogP contribution in [0.3, 0.4) is 0 Å². The molecule has 0 saturated heterocycles. The fourth-order valence-electron chi connectivity index (χ4n) is 9.73. The number of fused-ring (bicyclic) bond motifs is 6. The number of aryl methyl sites for hydroxylation is 1. The zero-order valence-electron chi connectivity index (χ0n) is 36.2. The van der Waals surface area contributed by atoms with Crippen LogP contribution in [0, 0.1) is 6.92 Å². The van der Waals surface area contributed by atoms with Crippen molar-refractivity contribution in [2.45, 2.75) is 13.1 Å². The summed E-state index contributed by atoms with van der Waals surface area (Å²) in [6.07, 6.45) is -4.46. The molecule has 3 aromatic heterocycles. The predicted molar refractivity (Wildman–Crippen MR) is 268 cm³/mol. The number of alkyl halides is 3. The van der Waals surface area contributed by atoms with Crippen LogP contribution in [0.4, 0.5) is 13.2 Å². The molecular formula is C60H39F3N4. The van der Waals surface area contributed by atoms with Crippen LogP contribution in [0.2, 0.25) is 0 Å². The van der Waals surface area contributed by atoms with Crippen molar-refractivity contribution in [2.24, 2.45) is 0 Å². The Morgan fingerprint density at radius 3 is 1.54 bits per heavy atom. The number of benzene rings is 9. The van der Waals surface area contributed by atoms with Gasteiger partial charge in [-0.25, -0.2) is 9.97 Å². The number of para-hydroxylation sites is 3. The molecule has 12 aromatic rings. The largest absolute Gasteiger partial charge is 0.416 e. The van der Waals surface area contributed by atoms with Gasteiger partial charge in [-0.1, -0.05) is 140 Å². The van der Waals surface area contributed by atoms with Gasteiger partial charge in [0.1, 0.15) is 0 Å². The van der Waals surface area contributed by atoms with E-state index in [0.29, 0.717) is 22.5 Å². The molecule has 0 spiro atoms. The van der Waals surface area contributed by atoms with Crippen molar-refractivity contribution in [1.29, 1.82) is 0 Å². The maximum Gasteiger partial charge on any atom is 0.416 e. The monoisotopic (exact) mass is 872 g/mol. The van der Waals surface area contributed by atoms with Gasteiger partial charge in [0.15, 0.2) is 5.82 Å². The average molecular weight is 873 g/mol. The molecule has 0 unspecified atom stereocenters. The lowest BCUT2D eigenvalue weighted by atomic mass is 9.98. The van der Waals surface area contributed by atoms with E-state index in [1.165, 1.54) is 22.9 Å². The second-order valence-electron chi connectivity index (χ2n) is 17.0. The number of hydrogen-bond acceptors (Lipinski definition) is 2. The van der Waals surface area contributed by atoms with Crippen LogP contribution < -0.4 is 0 Å². The number of nitrogens with zero attached hydrogens (tertiary/aromatic N) is 4. The van der Waals surface area contributed by atoms with E-state index in [9.17, 15) is 13.2 Å². The van der Waals surface area contributed by atoms with E-state index < -0.39 is 11.7 Å². The van der Waals surface area contributed by atoms with Crippen molar-refractivity contribution < 1.29 is 13.2 Å². The van der Waals surface area contributed by atoms with Gasteiger partial charge in [-0.3, -0.25) is 0 Å². The van der Waals surface area contributed by atoms with Gasteiger partial charge in [0, 0.05) is 49.5 Å². The molecule has 0 radical (unpaired) electrons. The zero-order valence-corrected chi connectivity index (χ0v) is 36.2. The van der Waals surface area contributed by atoms with Crippen LogP contribution in [0.15, 0.2) is 218 Å². The van der Waals surface area contributed by atoms with E-state index in [1.807, 2.05) is 78.9 Å². The molecule has 4 nitrogen and oxygen atoms in total. The lowest BCUT2D eigenvalue weighted by Crippen LogP contribution is -2.05. The molecule has 0 aliphatic heterocycles. The van der Waals surface area contributed by atoms with E-state index in [4.69, 9.17) is 9.97 Å². The van der Waals surface area contributed by atoms with Crippen molar-refractivity contribution >= 4 is 43.6 Å². The molecule has 0 atom stereocenters. The van der Waals surface area contributed by atoms with Crippen LogP contribution >= 0.6 is 0 Å². The molecule has 12 rings (SSSR count). The molecule has 67 heavy (non-hydrogen) atoms. The molecule has 0 N–H and O–H groups in total. The highest BCUT2D eigenvalue weighted by Gasteiger charge is 2.31. The van der Waals surface area contributed by atoms with Crippen molar-refractivity contribution in [3.05, 3.63) is 230 Å². The molecule has 0 aliphatic rings. The highest BCUT2D eigenvalue weighted by molar-refractivity contribution is 6.11. The summed E-state index contributed by atoms with van der Waals surface area (Å²) in [5, 5.41) is 4.29. The minimum atomic E-state index is -4.46. The van der Waals surface area contributed by atoms with Gasteiger partial charge >= 0.3 is 6.18 Å². The minimum Gasteiger partial charge on any atom is -0.309 e. The lowest BCUT2D eigenvalue weighted by molar-refractivity contribution is -0.137. The predicted octanol–water partition coefficient (Wildman–Crippen LogP) is 16.3. The first-order chi connectivity index (χ1) is 32.7. The minimum absolute atomic E-state index is 0.519. The van der Waals surface area contributed by atoms with Crippen LogP contribution in [0.1, 0.15) is 11.1 Å². The Bertz CT molecular complexity index is 3750. The summed E-state index contributed by atoms with van der Waals surface area (Å²) < 4.78 is 46.8. The standard InChI is InChI=1S/C60H39F3N4/c1-38-31-44(33-45(32-38)60(61,62)63)41-27-29-58-51(35-41)49-23-10-13-26-56(49)67(58)57-30-28-43(59-64-52(39-15-4-2-5-16-39)37-53(65-59)40-17-6-3-7-18-40)36-50(57)42-19-14-20-46(34-42)66-54-24-11-8-21-47(54)48-22-9-12-25-55(48)66/h2-37H,1H3. The summed E-state index contributed by atoms with van der Waals surface area (Å²) >= 11 is 0. The maximum absolute atomic E-state index is 14.1. The second kappa shape index (κ2) is 15.9. The smallest absolute Gasteiger partial charge is 0.309 e. The van der Waals surface area contributed by atoms with E-state index >= 15 is 0 Å². The molecule has 0 aliphatic carbocycles. The van der Waals surface area contributed by atoms with Gasteiger partial charge < -0.3 is 9.13 Å². The Kier molecular flexibility index (Phi) is 9.47. The number of aromatic nitrogens is 4. The molecule has 0 saturated carbocycles. The van der Waals surface area contributed by atoms with Crippen molar-refractivity contribution in [2.75, 3.05) is 0 Å². The highest BCUT2D eigenvalue weighted by Crippen LogP contribution is 2.42. The fourth-order valence-corrected chi connectivity index (χ4v) is 9.73. The first kappa shape index (κ1) is 40.0. The fraction of sp³-hybridized carbons (Fsp3) is 0.0333. The average Bonchev–Trinajstić information content (AvgIpc) is 3.89. The molecule has 7 heteroatoms. The molecular weight excluding hydrogens is 834 g/mol. The van der Waals surface area contributed by atoms with Crippen LogP contribution in [0.5, 0.6) is 0 Å². The van der Waals surface area contributed by atoms with Crippen LogP contribution in [-0.2, 0) is 6.18 Å². The highest BCUT2D eigenvalue weighted by atomic mass is 19.4. The molecule has 320 valence electrons. The third-order valence-electron chi connectivity index (χ3n) is 12.8. The Labute approximate surface area is 384 Å². The van der Waals surface area contributed by atoms with E-state index in [1.54, 1.807) is 6.92 Å². The first-order valence-electron chi connectivity index (χ1n) is 22.2. The topological polar surface area (TPSA) is 35.6 Å². The van der Waals surface area contributed by atoms with Gasteiger partial charge in [-0.05, 0) is 108 Å². The van der Waals surface area contributed by atoms with Gasteiger partial charge in [-0.15, -0.1) is 0 Å². The number of rotatable bonds is 7. The van der Waals surface area contributed by atoms with Gasteiger partial charge in [0.2, 0.25) is 0 Å². The number of hydrogen-bond donors (Lipinski definition) is 0. The summed E-state index contributed by atoms with van der Waals surface area (Å²) in [6, 6.07) is 73.0. The summed E-state index contributed by atoms with van der Waals surface area (Å²) in [5.41, 5.74) is 13.6. The second-order valence-corrected chi connectivity index (χ2v) is 17.0. The summed E-state index contributed by atoms with van der Waals surface area (Å²) in [4.78, 5) is 10.5. The first-order valence-corrected chi connectivity index (χ1v) is 22.2. The maximum atomic E-state index is 14.1. The van der Waals surface area contributed by atoms with E-state index in [-0.39, 0.29) is 0 Å². The van der Waals surface area contributed by atoms with Crippen molar-refractivity contribution in [1.82, 2.24) is 19.1 Å². The van der Waals surface area contributed by atoms with Crippen LogP contribution in [0.25, 0.3) is 111 Å². The summed E-state index contributed by atoms with van der Waals surface area (Å²) in [7, 11) is 0. The SMILES string of the molecule is Cc1cc(-c2ccc3c(c2)c2ccccc2n3-c2ccc(-c3nc(-c4ccccc4)cc(-c4ccccc4)n3)cc2-c2cccc(-n3c4ccccc4c4ccccc43)c2)cc(C(F)(F)F)c1.